The summed E-state index contributed by atoms with van der Waals surface area (Å²) in [6.45, 7) is -0.133. The van der Waals surface area contributed by atoms with Gasteiger partial charge in [-0.3, -0.25) is 9.59 Å². The SMILES string of the molecule is COc1ccc(OC)c(NC(=O)c2nc(-c3ccccc3)oc2-c2ccc(NC(=O)COc3ccccc3)cc2)c1. The van der Waals surface area contributed by atoms with Crippen molar-refractivity contribution in [3.8, 4) is 40.0 Å². The number of nitrogens with one attached hydrogen (secondary N) is 2. The second-order valence-electron chi connectivity index (χ2n) is 8.81. The highest BCUT2D eigenvalue weighted by molar-refractivity contribution is 6.07. The minimum Gasteiger partial charge on any atom is -0.497 e. The minimum atomic E-state index is -0.493. The summed E-state index contributed by atoms with van der Waals surface area (Å²) in [7, 11) is 3.05. The molecule has 5 rings (SSSR count). The number of para-hydroxylation sites is 1. The fourth-order valence-corrected chi connectivity index (χ4v) is 4.03. The Hall–Kier alpha value is -5.57. The van der Waals surface area contributed by atoms with Crippen molar-refractivity contribution in [1.29, 1.82) is 0 Å². The molecule has 0 saturated heterocycles. The first-order valence-electron chi connectivity index (χ1n) is 12.7. The highest BCUT2D eigenvalue weighted by Crippen LogP contribution is 2.33. The molecule has 0 bridgehead atoms. The van der Waals surface area contributed by atoms with E-state index >= 15 is 0 Å². The molecule has 0 atom stereocenters. The Kier molecular flexibility index (Phi) is 8.25. The van der Waals surface area contributed by atoms with Gasteiger partial charge in [0.05, 0.1) is 19.9 Å². The van der Waals surface area contributed by atoms with E-state index < -0.39 is 5.91 Å². The first kappa shape index (κ1) is 27.0. The zero-order valence-corrected chi connectivity index (χ0v) is 22.4. The van der Waals surface area contributed by atoms with Gasteiger partial charge in [-0.1, -0.05) is 36.4 Å². The van der Waals surface area contributed by atoms with Crippen LogP contribution in [0, 0.1) is 0 Å². The predicted octanol–water partition coefficient (Wildman–Crippen LogP) is 6.30. The zero-order valence-electron chi connectivity index (χ0n) is 22.4. The molecule has 4 aromatic carbocycles. The van der Waals surface area contributed by atoms with E-state index in [-0.39, 0.29) is 24.0 Å². The van der Waals surface area contributed by atoms with Crippen molar-refractivity contribution in [2.75, 3.05) is 31.5 Å². The maximum Gasteiger partial charge on any atom is 0.278 e. The van der Waals surface area contributed by atoms with Crippen LogP contribution in [0.2, 0.25) is 0 Å². The molecule has 9 heteroatoms. The van der Waals surface area contributed by atoms with E-state index in [1.807, 2.05) is 48.5 Å². The number of ether oxygens (including phenoxy) is 3. The molecule has 0 saturated carbocycles. The van der Waals surface area contributed by atoms with E-state index in [0.29, 0.717) is 45.6 Å². The molecular formula is C32H27N3O6. The number of hydrogen-bond acceptors (Lipinski definition) is 7. The topological polar surface area (TPSA) is 112 Å². The highest BCUT2D eigenvalue weighted by atomic mass is 16.5. The van der Waals surface area contributed by atoms with Crippen molar-refractivity contribution in [2.24, 2.45) is 0 Å². The molecule has 0 aliphatic carbocycles. The number of hydrogen-bond donors (Lipinski definition) is 2. The molecule has 0 unspecified atom stereocenters. The fourth-order valence-electron chi connectivity index (χ4n) is 4.03. The Bertz CT molecular complexity index is 1630. The Balaban J connectivity index is 1.39. The van der Waals surface area contributed by atoms with Crippen molar-refractivity contribution in [3.63, 3.8) is 0 Å². The molecule has 41 heavy (non-hydrogen) atoms. The van der Waals surface area contributed by atoms with E-state index in [2.05, 4.69) is 15.6 Å². The second-order valence-corrected chi connectivity index (χ2v) is 8.81. The van der Waals surface area contributed by atoms with Gasteiger partial charge in [0.1, 0.15) is 17.2 Å². The van der Waals surface area contributed by atoms with Crippen LogP contribution in [0.15, 0.2) is 108 Å². The number of nitrogens with zero attached hydrogens (tertiary/aromatic N) is 1. The number of methoxy groups -OCH3 is 2. The van der Waals surface area contributed by atoms with Crippen molar-refractivity contribution in [1.82, 2.24) is 4.98 Å². The molecule has 206 valence electrons. The van der Waals surface area contributed by atoms with Crippen LogP contribution in [0.5, 0.6) is 17.2 Å². The number of benzene rings is 4. The van der Waals surface area contributed by atoms with Gasteiger partial charge in [-0.05, 0) is 60.7 Å². The van der Waals surface area contributed by atoms with Gasteiger partial charge in [0.15, 0.2) is 18.1 Å². The number of carbonyl (C=O) groups excluding carboxylic acids is 2. The predicted molar refractivity (Wildman–Crippen MR) is 155 cm³/mol. The summed E-state index contributed by atoms with van der Waals surface area (Å²) in [4.78, 5) is 30.4. The third-order valence-electron chi connectivity index (χ3n) is 6.06. The van der Waals surface area contributed by atoms with E-state index in [4.69, 9.17) is 18.6 Å². The van der Waals surface area contributed by atoms with Crippen LogP contribution >= 0.6 is 0 Å². The van der Waals surface area contributed by atoms with Crippen LogP contribution in [-0.4, -0.2) is 37.6 Å². The summed E-state index contributed by atoms with van der Waals surface area (Å²) in [5.41, 5.74) is 2.38. The number of anilines is 2. The first-order valence-corrected chi connectivity index (χ1v) is 12.7. The van der Waals surface area contributed by atoms with Crippen LogP contribution in [-0.2, 0) is 4.79 Å². The monoisotopic (exact) mass is 549 g/mol. The van der Waals surface area contributed by atoms with Gasteiger partial charge in [-0.2, -0.15) is 0 Å². The zero-order chi connectivity index (χ0) is 28.6. The Morgan fingerprint density at radius 3 is 2.15 bits per heavy atom. The van der Waals surface area contributed by atoms with E-state index in [1.54, 1.807) is 54.6 Å². The Morgan fingerprint density at radius 1 is 0.756 bits per heavy atom. The Morgan fingerprint density at radius 2 is 1.46 bits per heavy atom. The molecule has 0 radical (unpaired) electrons. The fraction of sp³-hybridized carbons (Fsp3) is 0.0938. The molecule has 0 fully saturated rings. The van der Waals surface area contributed by atoms with Gasteiger partial charge in [-0.15, -0.1) is 0 Å². The van der Waals surface area contributed by atoms with Crippen molar-refractivity contribution >= 4 is 23.2 Å². The normalized spacial score (nSPS) is 10.5. The molecule has 0 aliphatic heterocycles. The molecule has 0 spiro atoms. The van der Waals surface area contributed by atoms with Crippen LogP contribution in [0.25, 0.3) is 22.8 Å². The first-order chi connectivity index (χ1) is 20.0. The minimum absolute atomic E-state index is 0.0850. The second kappa shape index (κ2) is 12.5. The molecule has 1 heterocycles. The Labute approximate surface area is 236 Å². The lowest BCUT2D eigenvalue weighted by Crippen LogP contribution is -2.20. The number of oxazole rings is 1. The van der Waals surface area contributed by atoms with Crippen molar-refractivity contribution < 1.29 is 28.2 Å². The molecule has 5 aromatic rings. The third kappa shape index (κ3) is 6.54. The van der Waals surface area contributed by atoms with Crippen LogP contribution in [0.3, 0.4) is 0 Å². The van der Waals surface area contributed by atoms with Gasteiger partial charge in [0.25, 0.3) is 11.8 Å². The molecule has 0 aliphatic rings. The van der Waals surface area contributed by atoms with Crippen molar-refractivity contribution in [3.05, 3.63) is 109 Å². The summed E-state index contributed by atoms with van der Waals surface area (Å²) in [6.07, 6.45) is 0. The summed E-state index contributed by atoms with van der Waals surface area (Å²) in [6, 6.07) is 30.4. The summed E-state index contributed by atoms with van der Waals surface area (Å²) in [5, 5.41) is 5.66. The molecular weight excluding hydrogens is 522 g/mol. The van der Waals surface area contributed by atoms with Crippen molar-refractivity contribution in [2.45, 2.75) is 0 Å². The maximum atomic E-state index is 13.5. The van der Waals surface area contributed by atoms with E-state index in [1.165, 1.54) is 14.2 Å². The van der Waals surface area contributed by atoms with Crippen LogP contribution in [0.1, 0.15) is 10.5 Å². The number of rotatable bonds is 10. The molecule has 2 N–H and O–H groups in total. The lowest BCUT2D eigenvalue weighted by atomic mass is 10.1. The molecule has 1 aromatic heterocycles. The van der Waals surface area contributed by atoms with E-state index in [9.17, 15) is 9.59 Å². The highest BCUT2D eigenvalue weighted by Gasteiger charge is 2.23. The summed E-state index contributed by atoms with van der Waals surface area (Å²) < 4.78 is 22.3. The van der Waals surface area contributed by atoms with Gasteiger partial charge >= 0.3 is 0 Å². The average Bonchev–Trinajstić information content (AvgIpc) is 3.47. The summed E-state index contributed by atoms with van der Waals surface area (Å²) >= 11 is 0. The van der Waals surface area contributed by atoms with E-state index in [0.717, 1.165) is 0 Å². The number of amides is 2. The standard InChI is InChI=1S/C32H27N3O6/c1-38-25-17-18-27(39-2)26(19-25)34-31(37)29-30(41-32(35-29)22-9-5-3-6-10-22)21-13-15-23(16-14-21)33-28(36)20-40-24-11-7-4-8-12-24/h3-19H,20H2,1-2H3,(H,33,36)(H,34,37). The largest absolute Gasteiger partial charge is 0.497 e. The van der Waals surface area contributed by atoms with Gasteiger partial charge in [0, 0.05) is 22.9 Å². The molecule has 9 nitrogen and oxygen atoms in total. The molecule has 2 amide bonds. The van der Waals surface area contributed by atoms with Crippen LogP contribution in [0.4, 0.5) is 11.4 Å². The van der Waals surface area contributed by atoms with Crippen LogP contribution < -0.4 is 24.8 Å². The number of aromatic nitrogens is 1. The lowest BCUT2D eigenvalue weighted by Gasteiger charge is -2.11. The quantitative estimate of drug-likeness (QED) is 0.210. The van der Waals surface area contributed by atoms with Gasteiger partial charge in [0.2, 0.25) is 5.89 Å². The lowest BCUT2D eigenvalue weighted by molar-refractivity contribution is -0.118. The van der Waals surface area contributed by atoms with Gasteiger partial charge in [-0.25, -0.2) is 4.98 Å². The van der Waals surface area contributed by atoms with Gasteiger partial charge < -0.3 is 29.3 Å². The number of carbonyl (C=O) groups is 2. The maximum absolute atomic E-state index is 13.5. The average molecular weight is 550 g/mol. The third-order valence-corrected chi connectivity index (χ3v) is 6.06. The smallest absolute Gasteiger partial charge is 0.278 e. The summed E-state index contributed by atoms with van der Waals surface area (Å²) in [5.74, 6) is 1.39.